The number of hydrogen-bond acceptors (Lipinski definition) is 9. The number of hydrogen-bond donors (Lipinski definition) is 5. The summed E-state index contributed by atoms with van der Waals surface area (Å²) in [4.78, 5) is 35.4. The van der Waals surface area contributed by atoms with Crippen molar-refractivity contribution in [2.45, 2.75) is 0 Å². The fourth-order valence-corrected chi connectivity index (χ4v) is 3.77. The fraction of sp³-hybridized carbons (Fsp3) is 0. The van der Waals surface area contributed by atoms with Gasteiger partial charge in [-0.25, -0.2) is 9.97 Å². The van der Waals surface area contributed by atoms with Crippen LogP contribution in [0.15, 0.2) is 95.4 Å². The number of carbonyl (C=O) groups is 1. The average Bonchev–Trinajstić information content (AvgIpc) is 2.99. The molecule has 2 aromatic carbocycles. The van der Waals surface area contributed by atoms with Crippen LogP contribution in [0.2, 0.25) is 10.0 Å². The molecule has 5 rings (SSSR count). The number of rotatable bonds is 4. The molecule has 0 radical (unpaired) electrons. The highest BCUT2D eigenvalue weighted by Gasteiger charge is 2.13. The number of nitriles is 1. The summed E-state index contributed by atoms with van der Waals surface area (Å²) < 4.78 is 0. The molecule has 45 heavy (non-hydrogen) atoms. The molecule has 0 aliphatic carbocycles. The fourth-order valence-electron chi connectivity index (χ4n) is 3.43. The summed E-state index contributed by atoms with van der Waals surface area (Å²) in [5, 5.41) is 9.56. The topological polar surface area (TPSA) is 247 Å². The third-order valence-corrected chi connectivity index (χ3v) is 5.68. The zero-order valence-corrected chi connectivity index (χ0v) is 26.2. The predicted octanol–water partition coefficient (Wildman–Crippen LogP) is 4.38. The molecule has 0 fully saturated rings. The molecule has 232 valence electrons. The number of benzene rings is 2. The van der Waals surface area contributed by atoms with Crippen LogP contribution in [-0.4, -0.2) is 37.6 Å². The van der Waals surface area contributed by atoms with Crippen LogP contribution in [-0.2, 0) is 0 Å². The van der Waals surface area contributed by atoms with Gasteiger partial charge in [-0.15, -0.1) is 29.8 Å². The second-order valence-corrected chi connectivity index (χ2v) is 9.11. The molecule has 5 aromatic rings. The van der Waals surface area contributed by atoms with Crippen LogP contribution in [0.25, 0.3) is 22.2 Å². The van der Waals surface area contributed by atoms with E-state index in [-0.39, 0.29) is 48.5 Å². The van der Waals surface area contributed by atoms with Crippen LogP contribution in [0, 0.1) is 11.5 Å². The van der Waals surface area contributed by atoms with Crippen molar-refractivity contribution in [3.05, 3.63) is 107 Å². The molecule has 0 amide bonds. The van der Waals surface area contributed by atoms with Crippen molar-refractivity contribution in [1.82, 2.24) is 19.9 Å². The Labute approximate surface area is 280 Å². The molecule has 10 N–H and O–H groups in total. The molecule has 0 atom stereocenters. The monoisotopic (exact) mass is 686 g/mol. The minimum atomic E-state index is -0.197. The molecule has 17 heteroatoms. The first-order chi connectivity index (χ1) is 20.6. The van der Waals surface area contributed by atoms with Crippen molar-refractivity contribution < 1.29 is 4.79 Å². The lowest BCUT2D eigenvalue weighted by molar-refractivity contribution is 0.103. The van der Waals surface area contributed by atoms with Gasteiger partial charge in [0.25, 0.3) is 5.95 Å². The van der Waals surface area contributed by atoms with Crippen LogP contribution in [0.3, 0.4) is 0 Å². The van der Waals surface area contributed by atoms with Gasteiger partial charge in [-0.2, -0.15) is 10.3 Å². The first-order valence-corrected chi connectivity index (χ1v) is 12.8. The molecule has 0 spiro atoms. The number of nitrogens with two attached hydrogens (primary N) is 5. The number of nitrogens with zero attached hydrogens (tertiary/aromatic N) is 7. The van der Waals surface area contributed by atoms with Crippen molar-refractivity contribution in [2.24, 2.45) is 32.9 Å². The Morgan fingerprint density at radius 3 is 1.91 bits per heavy atom. The number of fused-ring (bicyclic) bond motifs is 1. The molecular weight excluding hydrogens is 662 g/mol. The summed E-state index contributed by atoms with van der Waals surface area (Å²) in [5.74, 6) is -0.236. The van der Waals surface area contributed by atoms with E-state index in [2.05, 4.69) is 29.9 Å². The molecular formula is C28H26Cl4N12O. The van der Waals surface area contributed by atoms with Gasteiger partial charge in [0.1, 0.15) is 0 Å². The Balaban J connectivity index is 0.000000376. The van der Waals surface area contributed by atoms with Crippen molar-refractivity contribution in [3.8, 4) is 17.5 Å². The number of aliphatic imine (C=N–C) groups is 2. The quantitative estimate of drug-likeness (QED) is 0.0583. The number of pyridine rings is 2. The predicted molar refractivity (Wildman–Crippen MR) is 183 cm³/mol. The van der Waals surface area contributed by atoms with Gasteiger partial charge in [0.2, 0.25) is 12.2 Å². The Hall–Kier alpha value is -5.26. The zero-order valence-electron chi connectivity index (χ0n) is 23.1. The van der Waals surface area contributed by atoms with Gasteiger partial charge in [-0.3, -0.25) is 14.8 Å². The number of carbonyl (C=O) groups excluding carboxylic acids is 1. The van der Waals surface area contributed by atoms with Gasteiger partial charge in [0, 0.05) is 62.6 Å². The molecule has 0 bridgehead atoms. The first-order valence-electron chi connectivity index (χ1n) is 12.0. The van der Waals surface area contributed by atoms with E-state index in [1.165, 1.54) is 6.19 Å². The van der Waals surface area contributed by atoms with E-state index in [1.807, 2.05) is 18.2 Å². The highest BCUT2D eigenvalue weighted by Crippen LogP contribution is 2.29. The number of ketones is 1. The minimum Gasteiger partial charge on any atom is -0.398 e. The highest BCUT2D eigenvalue weighted by atomic mass is 35.5. The Bertz CT molecular complexity index is 1830. The third kappa shape index (κ3) is 11.4. The molecule has 3 heterocycles. The van der Waals surface area contributed by atoms with Gasteiger partial charge in [0.05, 0.1) is 11.2 Å². The number of halogens is 4. The third-order valence-electron chi connectivity index (χ3n) is 5.21. The molecule has 0 saturated heterocycles. The van der Waals surface area contributed by atoms with Crippen LogP contribution in [0.5, 0.6) is 0 Å². The lowest BCUT2D eigenvalue weighted by Gasteiger charge is -2.07. The van der Waals surface area contributed by atoms with E-state index >= 15 is 0 Å². The highest BCUT2D eigenvalue weighted by molar-refractivity contribution is 6.31. The SMILES string of the molecule is Cl.Cl.N#CN=C(N)N.NC(N)=Nc1nc(-c2ccncc2)c2cc(Cl)ccc2n1.Nc1ccc(Cl)cc1C(=O)c1ccncc1. The first kappa shape index (κ1) is 37.8. The van der Waals surface area contributed by atoms with E-state index in [1.54, 1.807) is 67.3 Å². The molecule has 0 aliphatic heterocycles. The maximum absolute atomic E-state index is 12.1. The van der Waals surface area contributed by atoms with Crippen molar-refractivity contribution >= 4 is 88.3 Å². The zero-order chi connectivity index (χ0) is 31.4. The number of aromatic nitrogens is 4. The summed E-state index contributed by atoms with van der Waals surface area (Å²) in [6, 6.07) is 17.2. The summed E-state index contributed by atoms with van der Waals surface area (Å²) in [6.07, 6.45) is 7.91. The smallest absolute Gasteiger partial charge is 0.253 e. The molecule has 0 aliphatic rings. The molecule has 0 saturated carbocycles. The summed E-state index contributed by atoms with van der Waals surface area (Å²) in [5.41, 5.74) is 29.6. The number of guanidine groups is 2. The van der Waals surface area contributed by atoms with Gasteiger partial charge < -0.3 is 28.7 Å². The van der Waals surface area contributed by atoms with Gasteiger partial charge >= 0.3 is 0 Å². The largest absolute Gasteiger partial charge is 0.398 e. The average molecular weight is 688 g/mol. The number of nitrogen functional groups attached to an aromatic ring is 1. The standard InChI is InChI=1S/C14H11ClN6.C12H9ClN2O.C2H4N4.2ClH/c15-9-1-2-11-10(7-9)12(8-3-5-18-6-4-8)20-14(19-11)21-13(16)17;13-9-1-2-11(14)10(7-9)12(16)8-3-5-15-6-4-8;3-1-6-2(4)5;;/h1-7H,(H4,16,17,19,20,21);1-7H,14H2;(H4,4,5,6);2*1H. The summed E-state index contributed by atoms with van der Waals surface area (Å²) in [7, 11) is 0. The van der Waals surface area contributed by atoms with Gasteiger partial charge in [-0.05, 0) is 60.7 Å². The van der Waals surface area contributed by atoms with E-state index < -0.39 is 0 Å². The second kappa shape index (κ2) is 18.4. The normalized spacial score (nSPS) is 9.27. The Kier molecular flexibility index (Phi) is 15.5. The molecule has 3 aromatic heterocycles. The maximum Gasteiger partial charge on any atom is 0.253 e. The van der Waals surface area contributed by atoms with Crippen molar-refractivity contribution in [1.29, 1.82) is 5.26 Å². The van der Waals surface area contributed by atoms with E-state index in [0.717, 1.165) is 10.9 Å². The van der Waals surface area contributed by atoms with Gasteiger partial charge in [-0.1, -0.05) is 23.2 Å². The van der Waals surface area contributed by atoms with Crippen LogP contribution in [0.1, 0.15) is 15.9 Å². The maximum atomic E-state index is 12.1. The van der Waals surface area contributed by atoms with Crippen LogP contribution < -0.4 is 28.7 Å². The van der Waals surface area contributed by atoms with Gasteiger partial charge in [0.15, 0.2) is 11.7 Å². The second-order valence-electron chi connectivity index (χ2n) is 8.24. The summed E-state index contributed by atoms with van der Waals surface area (Å²) >= 11 is 11.9. The van der Waals surface area contributed by atoms with E-state index in [4.69, 9.17) is 57.1 Å². The molecule has 13 nitrogen and oxygen atoms in total. The number of anilines is 1. The molecule has 0 unspecified atom stereocenters. The Morgan fingerprint density at radius 1 is 0.778 bits per heavy atom. The van der Waals surface area contributed by atoms with Crippen molar-refractivity contribution in [3.63, 3.8) is 0 Å². The van der Waals surface area contributed by atoms with Crippen LogP contribution in [0.4, 0.5) is 11.6 Å². The van der Waals surface area contributed by atoms with Crippen LogP contribution >= 0.6 is 48.0 Å². The minimum absolute atomic E-state index is 0. The lowest BCUT2D eigenvalue weighted by Crippen LogP contribution is -2.22. The van der Waals surface area contributed by atoms with E-state index in [0.29, 0.717) is 38.1 Å². The van der Waals surface area contributed by atoms with E-state index in [9.17, 15) is 4.79 Å². The lowest BCUT2D eigenvalue weighted by atomic mass is 10.0. The summed E-state index contributed by atoms with van der Waals surface area (Å²) in [6.45, 7) is 0. The Morgan fingerprint density at radius 2 is 1.36 bits per heavy atom. The van der Waals surface area contributed by atoms with Crippen molar-refractivity contribution in [2.75, 3.05) is 5.73 Å².